The minimum absolute atomic E-state index is 0.0641. The van der Waals surface area contributed by atoms with E-state index in [2.05, 4.69) is 5.32 Å². The van der Waals surface area contributed by atoms with E-state index in [1.54, 1.807) is 16.2 Å². The number of fused-ring (bicyclic) bond motifs is 3. The highest BCUT2D eigenvalue weighted by Crippen LogP contribution is 2.35. The van der Waals surface area contributed by atoms with Crippen molar-refractivity contribution in [2.24, 2.45) is 0 Å². The van der Waals surface area contributed by atoms with Gasteiger partial charge >= 0.3 is 0 Å². The van der Waals surface area contributed by atoms with Crippen LogP contribution in [0.2, 0.25) is 5.02 Å². The first-order chi connectivity index (χ1) is 15.0. The molecule has 1 unspecified atom stereocenters. The molecule has 0 bridgehead atoms. The Balaban J connectivity index is 1.52. The highest BCUT2D eigenvalue weighted by atomic mass is 35.5. The van der Waals surface area contributed by atoms with Gasteiger partial charge in [-0.3, -0.25) is 9.59 Å². The van der Waals surface area contributed by atoms with Crippen LogP contribution in [-0.4, -0.2) is 32.9 Å². The van der Waals surface area contributed by atoms with E-state index in [1.165, 1.54) is 6.42 Å². The number of benzene rings is 1. The summed E-state index contributed by atoms with van der Waals surface area (Å²) >= 11 is 7.66. The van der Waals surface area contributed by atoms with Gasteiger partial charge in [0.25, 0.3) is 5.91 Å². The lowest BCUT2D eigenvalue weighted by molar-refractivity contribution is -0.134. The third-order valence-corrected chi connectivity index (χ3v) is 7.92. The number of nitrogens with zero attached hydrogens (tertiary/aromatic N) is 2. The van der Waals surface area contributed by atoms with Gasteiger partial charge in [0.1, 0.15) is 16.1 Å². The van der Waals surface area contributed by atoms with Crippen LogP contribution < -0.4 is 5.32 Å². The van der Waals surface area contributed by atoms with E-state index in [9.17, 15) is 9.59 Å². The zero-order valence-corrected chi connectivity index (χ0v) is 19.1. The van der Waals surface area contributed by atoms with E-state index in [4.69, 9.17) is 11.6 Å². The molecule has 3 heterocycles. The monoisotopic (exact) mass is 455 g/mol. The Bertz CT molecular complexity index is 1130. The van der Waals surface area contributed by atoms with Gasteiger partial charge in [0, 0.05) is 23.0 Å². The largest absolute Gasteiger partial charge is 0.351 e. The number of amides is 2. The Morgan fingerprint density at radius 2 is 1.94 bits per heavy atom. The van der Waals surface area contributed by atoms with E-state index in [-0.39, 0.29) is 17.9 Å². The Kier molecular flexibility index (Phi) is 5.30. The average Bonchev–Trinajstić information content (AvgIpc) is 3.36. The van der Waals surface area contributed by atoms with Crippen LogP contribution in [0.5, 0.6) is 0 Å². The summed E-state index contributed by atoms with van der Waals surface area (Å²) in [6, 6.07) is 11.6. The maximum absolute atomic E-state index is 13.7. The van der Waals surface area contributed by atoms with Crippen molar-refractivity contribution in [3.05, 3.63) is 58.1 Å². The quantitative estimate of drug-likeness (QED) is 0.586. The lowest BCUT2D eigenvalue weighted by atomic mass is 9.91. The molecule has 1 saturated carbocycles. The van der Waals surface area contributed by atoms with E-state index in [0.29, 0.717) is 23.8 Å². The predicted octanol–water partition coefficient (Wildman–Crippen LogP) is 5.22. The number of hydrogen-bond acceptors (Lipinski definition) is 3. The number of carbonyl (C=O) groups excluding carboxylic acids is 2. The van der Waals surface area contributed by atoms with Gasteiger partial charge in [-0.25, -0.2) is 0 Å². The summed E-state index contributed by atoms with van der Waals surface area (Å²) in [7, 11) is 0. The van der Waals surface area contributed by atoms with Gasteiger partial charge in [-0.2, -0.15) is 0 Å². The summed E-state index contributed by atoms with van der Waals surface area (Å²) in [4.78, 5) is 30.1. The number of thiophene rings is 1. The van der Waals surface area contributed by atoms with Crippen molar-refractivity contribution in [3.8, 4) is 0 Å². The van der Waals surface area contributed by atoms with Crippen LogP contribution in [0.4, 0.5) is 0 Å². The van der Waals surface area contributed by atoms with Gasteiger partial charge in [0.15, 0.2) is 0 Å². The fourth-order valence-corrected chi connectivity index (χ4v) is 5.89. The number of halogens is 1. The number of aromatic nitrogens is 1. The molecule has 2 aliphatic rings. The van der Waals surface area contributed by atoms with Crippen LogP contribution in [0.25, 0.3) is 10.2 Å². The van der Waals surface area contributed by atoms with Gasteiger partial charge in [-0.05, 0) is 55.0 Å². The molecule has 5 rings (SSSR count). The molecule has 0 radical (unpaired) electrons. The Labute approximate surface area is 191 Å². The van der Waals surface area contributed by atoms with Gasteiger partial charge in [0.05, 0.1) is 6.54 Å². The Morgan fingerprint density at radius 3 is 2.68 bits per heavy atom. The normalized spacial score (nSPS) is 22.0. The third kappa shape index (κ3) is 3.66. The fraction of sp³-hybridized carbons (Fsp3) is 0.417. The minimum Gasteiger partial charge on any atom is -0.351 e. The highest BCUT2D eigenvalue weighted by Gasteiger charge is 2.48. The number of nitrogens with one attached hydrogen (secondary N) is 1. The Hall–Kier alpha value is -2.31. The first-order valence-electron chi connectivity index (χ1n) is 10.9. The van der Waals surface area contributed by atoms with E-state index in [1.807, 2.05) is 53.3 Å². The number of rotatable bonds is 4. The van der Waals surface area contributed by atoms with Crippen LogP contribution in [0.3, 0.4) is 0 Å². The summed E-state index contributed by atoms with van der Waals surface area (Å²) in [5.41, 5.74) is 0.631. The molecule has 5 nitrogen and oxygen atoms in total. The smallest absolute Gasteiger partial charge is 0.271 e. The van der Waals surface area contributed by atoms with Crippen molar-refractivity contribution in [1.82, 2.24) is 14.8 Å². The number of hydrogen-bond donors (Lipinski definition) is 1. The van der Waals surface area contributed by atoms with Gasteiger partial charge in [0.2, 0.25) is 5.91 Å². The molecule has 0 saturated heterocycles. The molecule has 0 spiro atoms. The van der Waals surface area contributed by atoms with Crippen LogP contribution in [-0.2, 0) is 17.9 Å². The van der Waals surface area contributed by atoms with Crippen molar-refractivity contribution >= 4 is 45.0 Å². The first-order valence-corrected chi connectivity index (χ1v) is 12.2. The molecule has 1 fully saturated rings. The molecule has 2 aromatic heterocycles. The summed E-state index contributed by atoms with van der Waals surface area (Å²) in [5.74, 6) is -0.170. The molecule has 7 heteroatoms. The highest BCUT2D eigenvalue weighted by molar-refractivity contribution is 7.16. The Morgan fingerprint density at radius 1 is 1.19 bits per heavy atom. The second-order valence-corrected chi connectivity index (χ2v) is 10.2. The van der Waals surface area contributed by atoms with Crippen molar-refractivity contribution in [2.45, 2.75) is 63.7 Å². The van der Waals surface area contributed by atoms with Crippen LogP contribution in [0.15, 0.2) is 41.8 Å². The maximum Gasteiger partial charge on any atom is 0.271 e. The zero-order valence-electron chi connectivity index (χ0n) is 17.6. The molecule has 3 aromatic rings. The van der Waals surface area contributed by atoms with Gasteiger partial charge in [-0.15, -0.1) is 11.3 Å². The molecule has 1 aliphatic heterocycles. The summed E-state index contributed by atoms with van der Waals surface area (Å²) in [5, 5.41) is 7.01. The topological polar surface area (TPSA) is 54.3 Å². The second-order valence-electron chi connectivity index (χ2n) is 8.90. The van der Waals surface area contributed by atoms with Gasteiger partial charge < -0.3 is 14.8 Å². The fourth-order valence-electron chi connectivity index (χ4n) is 4.87. The first kappa shape index (κ1) is 20.6. The van der Waals surface area contributed by atoms with Crippen molar-refractivity contribution < 1.29 is 9.59 Å². The van der Waals surface area contributed by atoms with Crippen molar-refractivity contribution in [2.75, 3.05) is 0 Å². The standard InChI is InChI=1S/C24H26ClN3O2S/c1-24(23(30)26-19-5-3-2-4-6-19)15-27-20(13-17-11-12-31-22(17)27)21(29)28(24)14-16-7-9-18(25)10-8-16/h7-13,19H,2-6,14-15H2,1H3,(H,26,30). The van der Waals surface area contributed by atoms with Crippen LogP contribution in [0.1, 0.15) is 55.1 Å². The van der Waals surface area contributed by atoms with E-state index in [0.717, 1.165) is 41.5 Å². The second kappa shape index (κ2) is 7.99. The van der Waals surface area contributed by atoms with Crippen molar-refractivity contribution in [3.63, 3.8) is 0 Å². The molecular weight excluding hydrogens is 430 g/mol. The van der Waals surface area contributed by atoms with Crippen LogP contribution >= 0.6 is 22.9 Å². The summed E-state index contributed by atoms with van der Waals surface area (Å²) in [6.45, 7) is 2.72. The molecule has 1 aromatic carbocycles. The molecule has 1 atom stereocenters. The predicted molar refractivity (Wildman–Crippen MR) is 125 cm³/mol. The SMILES string of the molecule is CC1(C(=O)NC2CCCCC2)Cn2c(cc3ccsc32)C(=O)N1Cc1ccc(Cl)cc1. The lowest BCUT2D eigenvalue weighted by Gasteiger charge is -2.44. The number of carbonyl (C=O) groups is 2. The van der Waals surface area contributed by atoms with E-state index >= 15 is 0 Å². The lowest BCUT2D eigenvalue weighted by Crippen LogP contribution is -2.64. The molecule has 1 aliphatic carbocycles. The maximum atomic E-state index is 13.7. The minimum atomic E-state index is -0.975. The van der Waals surface area contributed by atoms with Crippen LogP contribution in [0, 0.1) is 0 Å². The molecule has 31 heavy (non-hydrogen) atoms. The van der Waals surface area contributed by atoms with Crippen molar-refractivity contribution in [1.29, 1.82) is 0 Å². The van der Waals surface area contributed by atoms with E-state index < -0.39 is 5.54 Å². The molecule has 1 N–H and O–H groups in total. The third-order valence-electron chi connectivity index (χ3n) is 6.71. The summed E-state index contributed by atoms with van der Waals surface area (Å²) in [6.07, 6.45) is 5.54. The molecular formula is C24H26ClN3O2S. The summed E-state index contributed by atoms with van der Waals surface area (Å²) < 4.78 is 2.03. The zero-order chi connectivity index (χ0) is 21.6. The molecule has 162 valence electrons. The van der Waals surface area contributed by atoms with Gasteiger partial charge in [-0.1, -0.05) is 43.0 Å². The molecule has 2 amide bonds. The average molecular weight is 456 g/mol.